The molecular weight excluding hydrogens is 424 g/mol. The summed E-state index contributed by atoms with van der Waals surface area (Å²) in [5.41, 5.74) is 2.82. The van der Waals surface area contributed by atoms with Crippen LogP contribution in [0.25, 0.3) is 10.9 Å². The van der Waals surface area contributed by atoms with Crippen molar-refractivity contribution in [2.75, 3.05) is 33.9 Å². The van der Waals surface area contributed by atoms with E-state index in [0.717, 1.165) is 58.2 Å². The number of carbonyl (C=O) groups excluding carboxylic acids is 1. The van der Waals surface area contributed by atoms with Crippen LogP contribution in [-0.4, -0.2) is 55.1 Å². The molecular formula is C29H33N2O3+. The van der Waals surface area contributed by atoms with Crippen LogP contribution in [0.2, 0.25) is 0 Å². The van der Waals surface area contributed by atoms with Gasteiger partial charge in [0.25, 0.3) is 0 Å². The summed E-state index contributed by atoms with van der Waals surface area (Å²) in [5.74, 6) is 2.01. The lowest BCUT2D eigenvalue weighted by Gasteiger charge is -2.58. The summed E-state index contributed by atoms with van der Waals surface area (Å²) in [5, 5.41) is 1.05. The Balaban J connectivity index is 1.57. The third kappa shape index (κ3) is 3.93. The van der Waals surface area contributed by atoms with Gasteiger partial charge in [0.15, 0.2) is 0 Å². The highest BCUT2D eigenvalue weighted by atomic mass is 16.5. The molecule has 6 rings (SSSR count). The number of fused-ring (bicyclic) bond motifs is 4. The van der Waals surface area contributed by atoms with Gasteiger partial charge in [-0.1, -0.05) is 36.4 Å². The highest BCUT2D eigenvalue weighted by molar-refractivity contribution is 5.97. The molecule has 0 spiro atoms. The summed E-state index contributed by atoms with van der Waals surface area (Å²) in [6.45, 7) is 6.54. The summed E-state index contributed by atoms with van der Waals surface area (Å²) >= 11 is 0. The van der Waals surface area contributed by atoms with Crippen molar-refractivity contribution in [1.29, 1.82) is 0 Å². The molecule has 3 saturated heterocycles. The first kappa shape index (κ1) is 22.8. The average molecular weight is 458 g/mol. The lowest BCUT2D eigenvalue weighted by molar-refractivity contribution is -0.966. The summed E-state index contributed by atoms with van der Waals surface area (Å²) in [6, 6.07) is 17.9. The molecule has 3 unspecified atom stereocenters. The largest absolute Gasteiger partial charge is 0.497 e. The maximum atomic E-state index is 13.5. The molecule has 0 radical (unpaired) electrons. The third-order valence-electron chi connectivity index (χ3n) is 8.12. The van der Waals surface area contributed by atoms with Gasteiger partial charge in [-0.05, 0) is 35.7 Å². The number of piperidine rings is 3. The predicted octanol–water partition coefficient (Wildman–Crippen LogP) is 5.23. The standard InChI is InChI=1S/C29H33N2O3/c1-4-20-18-31(19-28(32)21-8-6-5-7-9-21)15-13-22(20)16-27(31)29(34-3)24-12-14-30-26-11-10-23(33-2)17-25(24)26/h4-12,14,17,20,22,27,29H,1,13,15-16,18-19H2,2-3H3/q+1/t20?,22?,27-,29+,31?/m0/s1. The molecule has 3 fully saturated rings. The molecule has 5 heteroatoms. The number of rotatable bonds is 8. The summed E-state index contributed by atoms with van der Waals surface area (Å²) in [6.07, 6.45) is 5.96. The Morgan fingerprint density at radius 2 is 2.03 bits per heavy atom. The van der Waals surface area contributed by atoms with Crippen LogP contribution >= 0.6 is 0 Å². The zero-order valence-corrected chi connectivity index (χ0v) is 20.0. The van der Waals surface area contributed by atoms with Gasteiger partial charge in [0, 0.05) is 43.0 Å². The maximum absolute atomic E-state index is 13.5. The summed E-state index contributed by atoms with van der Waals surface area (Å²) in [7, 11) is 3.47. The van der Waals surface area contributed by atoms with Gasteiger partial charge < -0.3 is 14.0 Å². The number of carbonyl (C=O) groups is 1. The summed E-state index contributed by atoms with van der Waals surface area (Å²) < 4.78 is 12.5. The number of methoxy groups -OCH3 is 2. The van der Waals surface area contributed by atoms with Crippen molar-refractivity contribution in [2.24, 2.45) is 11.8 Å². The van der Waals surface area contributed by atoms with Crippen molar-refractivity contribution in [3.63, 3.8) is 0 Å². The Labute approximate surface area is 201 Å². The second-order valence-electron chi connectivity index (χ2n) is 9.76. The van der Waals surface area contributed by atoms with E-state index in [1.54, 1.807) is 14.2 Å². The molecule has 176 valence electrons. The molecule has 1 aromatic heterocycles. The van der Waals surface area contributed by atoms with Crippen LogP contribution < -0.4 is 4.74 Å². The topological polar surface area (TPSA) is 48.4 Å². The molecule has 3 aliphatic rings. The molecule has 3 aromatic rings. The molecule has 34 heavy (non-hydrogen) atoms. The van der Waals surface area contributed by atoms with Crippen LogP contribution in [0.3, 0.4) is 0 Å². The summed E-state index contributed by atoms with van der Waals surface area (Å²) in [4.78, 5) is 18.0. The number of Topliss-reactive ketones (excluding diaryl/α,β-unsaturated/α-hetero) is 1. The van der Waals surface area contributed by atoms with Gasteiger partial charge in [-0.3, -0.25) is 9.78 Å². The van der Waals surface area contributed by atoms with Gasteiger partial charge in [0.1, 0.15) is 24.4 Å². The van der Waals surface area contributed by atoms with E-state index in [1.807, 2.05) is 54.7 Å². The van der Waals surface area contributed by atoms with E-state index < -0.39 is 0 Å². The zero-order valence-electron chi connectivity index (χ0n) is 20.0. The van der Waals surface area contributed by atoms with Crippen LogP contribution in [0.5, 0.6) is 5.75 Å². The van der Waals surface area contributed by atoms with Gasteiger partial charge in [0.05, 0.1) is 25.7 Å². The van der Waals surface area contributed by atoms with Crippen LogP contribution in [-0.2, 0) is 4.74 Å². The number of nitrogens with zero attached hydrogens (tertiary/aromatic N) is 2. The van der Waals surface area contributed by atoms with Gasteiger partial charge in [-0.15, -0.1) is 6.58 Å². The molecule has 0 saturated carbocycles. The SMILES string of the molecule is C=CC1C[N+]2(CC(=O)c3ccccc3)CCC1C[C@H]2[C@H](OC)c1ccnc2ccc(OC)cc12. The normalized spacial score (nSPS) is 26.8. The Morgan fingerprint density at radius 3 is 2.76 bits per heavy atom. The molecule has 2 aromatic carbocycles. The first-order valence-corrected chi connectivity index (χ1v) is 12.1. The number of aromatic nitrogens is 1. The molecule has 0 N–H and O–H groups in total. The Morgan fingerprint density at radius 1 is 1.21 bits per heavy atom. The molecule has 0 aliphatic carbocycles. The van der Waals surface area contributed by atoms with Crippen molar-refractivity contribution in [3.8, 4) is 5.75 Å². The number of ketones is 1. The third-order valence-corrected chi connectivity index (χ3v) is 8.12. The molecule has 4 heterocycles. The first-order valence-electron chi connectivity index (χ1n) is 12.1. The quantitative estimate of drug-likeness (QED) is 0.264. The Bertz CT molecular complexity index is 1190. The molecule has 3 aliphatic heterocycles. The van der Waals surface area contributed by atoms with Gasteiger partial charge in [-0.2, -0.15) is 0 Å². The maximum Gasteiger partial charge on any atom is 0.216 e. The van der Waals surface area contributed by atoms with Crippen LogP contribution in [0, 0.1) is 11.8 Å². The van der Waals surface area contributed by atoms with E-state index >= 15 is 0 Å². The second kappa shape index (κ2) is 9.32. The monoisotopic (exact) mass is 457 g/mol. The minimum absolute atomic E-state index is 0.144. The van der Waals surface area contributed by atoms with Crippen LogP contribution in [0.1, 0.15) is 34.9 Å². The smallest absolute Gasteiger partial charge is 0.216 e. The van der Waals surface area contributed by atoms with E-state index in [4.69, 9.17) is 9.47 Å². The average Bonchev–Trinajstić information content (AvgIpc) is 2.89. The minimum Gasteiger partial charge on any atom is -0.497 e. The number of benzene rings is 2. The van der Waals surface area contributed by atoms with Gasteiger partial charge >= 0.3 is 0 Å². The van der Waals surface area contributed by atoms with E-state index in [0.29, 0.717) is 18.4 Å². The fourth-order valence-corrected chi connectivity index (χ4v) is 6.38. The lowest BCUT2D eigenvalue weighted by Crippen LogP contribution is -2.69. The number of ether oxygens (including phenoxy) is 2. The fourth-order valence-electron chi connectivity index (χ4n) is 6.38. The second-order valence-corrected chi connectivity index (χ2v) is 9.76. The van der Waals surface area contributed by atoms with E-state index in [1.165, 1.54) is 0 Å². The molecule has 5 atom stereocenters. The number of hydrogen-bond donors (Lipinski definition) is 0. The highest BCUT2D eigenvalue weighted by Crippen LogP contribution is 2.48. The van der Waals surface area contributed by atoms with Crippen molar-refractivity contribution in [3.05, 3.63) is 84.6 Å². The van der Waals surface area contributed by atoms with Crippen molar-refractivity contribution < 1.29 is 18.8 Å². The van der Waals surface area contributed by atoms with E-state index in [-0.39, 0.29) is 17.9 Å². The van der Waals surface area contributed by atoms with Gasteiger partial charge in [0.2, 0.25) is 5.78 Å². The van der Waals surface area contributed by atoms with Crippen molar-refractivity contribution >= 4 is 16.7 Å². The van der Waals surface area contributed by atoms with E-state index in [9.17, 15) is 4.79 Å². The highest BCUT2D eigenvalue weighted by Gasteiger charge is 2.55. The lowest BCUT2D eigenvalue weighted by atomic mass is 9.71. The van der Waals surface area contributed by atoms with Crippen molar-refractivity contribution in [2.45, 2.75) is 25.0 Å². The first-order chi connectivity index (χ1) is 16.6. The molecule has 2 bridgehead atoms. The molecule has 0 amide bonds. The Kier molecular flexibility index (Phi) is 6.24. The van der Waals surface area contributed by atoms with Crippen LogP contribution in [0.4, 0.5) is 0 Å². The van der Waals surface area contributed by atoms with E-state index in [2.05, 4.69) is 23.7 Å². The minimum atomic E-state index is -0.144. The van der Waals surface area contributed by atoms with Gasteiger partial charge in [-0.25, -0.2) is 0 Å². The number of hydrogen-bond acceptors (Lipinski definition) is 4. The molecule has 5 nitrogen and oxygen atoms in total. The predicted molar refractivity (Wildman–Crippen MR) is 134 cm³/mol. The zero-order chi connectivity index (χ0) is 23.7. The number of pyridine rings is 1. The fraction of sp³-hybridized carbons (Fsp3) is 0.379. The Hall–Kier alpha value is -3.02. The van der Waals surface area contributed by atoms with Crippen molar-refractivity contribution in [1.82, 2.24) is 4.98 Å². The number of quaternary nitrogens is 1. The van der Waals surface area contributed by atoms with Crippen LogP contribution in [0.15, 0.2) is 73.4 Å².